The fourth-order valence-corrected chi connectivity index (χ4v) is 3.05. The molecule has 1 heterocycles. The molecule has 2 aromatic rings. The predicted molar refractivity (Wildman–Crippen MR) is 96.5 cm³/mol. The molecule has 1 aromatic heterocycles. The number of nitrogens with zero attached hydrogens (tertiary/aromatic N) is 2. The topological polar surface area (TPSA) is 64.1 Å². The molecule has 0 aliphatic carbocycles. The van der Waals surface area contributed by atoms with Crippen LogP contribution in [0.2, 0.25) is 0 Å². The normalized spacial score (nSPS) is 10.8. The lowest BCUT2D eigenvalue weighted by Crippen LogP contribution is -2.23. The van der Waals surface area contributed by atoms with E-state index in [1.807, 2.05) is 24.3 Å². The largest absolute Gasteiger partial charge is 0.497 e. The van der Waals surface area contributed by atoms with E-state index in [0.29, 0.717) is 36.1 Å². The Hall–Kier alpha value is -2.22. The van der Waals surface area contributed by atoms with E-state index in [1.54, 1.807) is 21.0 Å². The van der Waals surface area contributed by atoms with Crippen LogP contribution in [0.15, 0.2) is 29.4 Å². The van der Waals surface area contributed by atoms with E-state index >= 15 is 0 Å². The third kappa shape index (κ3) is 5.94. The molecule has 2 rings (SSSR count). The van der Waals surface area contributed by atoms with Crippen LogP contribution in [0.3, 0.4) is 0 Å². The number of thioether (sulfide) groups is 1. The quantitative estimate of drug-likeness (QED) is 0.558. The van der Waals surface area contributed by atoms with Gasteiger partial charge in [-0.15, -0.1) is 0 Å². The third-order valence-electron chi connectivity index (χ3n) is 3.82. The summed E-state index contributed by atoms with van der Waals surface area (Å²) < 4.78 is 30.0. The SMILES string of the molecule is COc1cccc(CNC(=O)CCc2c(C)nc(SC(F)F)nc2C)c1. The summed E-state index contributed by atoms with van der Waals surface area (Å²) >= 11 is 0.323. The van der Waals surface area contributed by atoms with E-state index in [2.05, 4.69) is 15.3 Å². The average Bonchev–Trinajstić information content (AvgIpc) is 2.58. The number of carbonyl (C=O) groups excluding carboxylic acids is 1. The van der Waals surface area contributed by atoms with Gasteiger partial charge in [-0.25, -0.2) is 9.97 Å². The Morgan fingerprint density at radius 3 is 2.58 bits per heavy atom. The zero-order chi connectivity index (χ0) is 19.1. The van der Waals surface area contributed by atoms with Crippen LogP contribution in [0, 0.1) is 13.8 Å². The van der Waals surface area contributed by atoms with Crippen LogP contribution in [0.4, 0.5) is 8.78 Å². The van der Waals surface area contributed by atoms with Crippen LogP contribution >= 0.6 is 11.8 Å². The first-order chi connectivity index (χ1) is 12.4. The van der Waals surface area contributed by atoms with Crippen molar-refractivity contribution in [2.45, 2.75) is 44.1 Å². The zero-order valence-electron chi connectivity index (χ0n) is 14.9. The molecular weight excluding hydrogens is 360 g/mol. The summed E-state index contributed by atoms with van der Waals surface area (Å²) in [6.07, 6.45) is 0.734. The van der Waals surface area contributed by atoms with Gasteiger partial charge in [-0.2, -0.15) is 8.78 Å². The minimum Gasteiger partial charge on any atom is -0.497 e. The minimum absolute atomic E-state index is 0.0567. The first-order valence-corrected chi connectivity index (χ1v) is 8.95. The van der Waals surface area contributed by atoms with Crippen molar-refractivity contribution in [3.63, 3.8) is 0 Å². The molecule has 0 saturated carbocycles. The maximum absolute atomic E-state index is 12.4. The van der Waals surface area contributed by atoms with Crippen molar-refractivity contribution in [3.8, 4) is 5.75 Å². The van der Waals surface area contributed by atoms with Crippen molar-refractivity contribution in [2.24, 2.45) is 0 Å². The van der Waals surface area contributed by atoms with Gasteiger partial charge < -0.3 is 10.1 Å². The summed E-state index contributed by atoms with van der Waals surface area (Å²) in [5.41, 5.74) is 3.02. The van der Waals surface area contributed by atoms with Crippen molar-refractivity contribution in [2.75, 3.05) is 7.11 Å². The van der Waals surface area contributed by atoms with E-state index in [0.717, 1.165) is 16.9 Å². The molecule has 1 aromatic carbocycles. The summed E-state index contributed by atoms with van der Waals surface area (Å²) in [6, 6.07) is 7.47. The summed E-state index contributed by atoms with van der Waals surface area (Å²) in [7, 11) is 1.59. The molecule has 0 unspecified atom stereocenters. The standard InChI is InChI=1S/C18H21F2N3O2S/c1-11-15(12(2)23-18(22-11)26-17(19)20)7-8-16(24)21-10-13-5-4-6-14(9-13)25-3/h4-6,9,17H,7-8,10H2,1-3H3,(H,21,24). The maximum Gasteiger partial charge on any atom is 0.291 e. The molecule has 0 aliphatic rings. The van der Waals surface area contributed by atoms with E-state index in [-0.39, 0.29) is 17.5 Å². The lowest BCUT2D eigenvalue weighted by atomic mass is 10.1. The molecule has 140 valence electrons. The van der Waals surface area contributed by atoms with Crippen LogP contribution in [-0.4, -0.2) is 28.7 Å². The molecule has 1 amide bonds. The van der Waals surface area contributed by atoms with Gasteiger partial charge in [0.05, 0.1) is 7.11 Å². The van der Waals surface area contributed by atoms with Crippen molar-refractivity contribution < 1.29 is 18.3 Å². The molecule has 0 atom stereocenters. The molecular formula is C18H21F2N3O2S. The van der Waals surface area contributed by atoms with E-state index in [9.17, 15) is 13.6 Å². The van der Waals surface area contributed by atoms with Gasteiger partial charge in [-0.05, 0) is 55.3 Å². The number of carbonyl (C=O) groups is 1. The highest BCUT2D eigenvalue weighted by Crippen LogP contribution is 2.24. The van der Waals surface area contributed by atoms with Crippen LogP contribution in [0.1, 0.15) is 28.9 Å². The Kier molecular flexibility index (Phi) is 7.32. The highest BCUT2D eigenvalue weighted by molar-refractivity contribution is 7.99. The van der Waals surface area contributed by atoms with Crippen LogP contribution in [0.5, 0.6) is 5.75 Å². The summed E-state index contributed by atoms with van der Waals surface area (Å²) in [6.45, 7) is 3.90. The summed E-state index contributed by atoms with van der Waals surface area (Å²) in [4.78, 5) is 20.3. The van der Waals surface area contributed by atoms with E-state index in [4.69, 9.17) is 4.74 Å². The smallest absolute Gasteiger partial charge is 0.291 e. The number of rotatable bonds is 8. The average molecular weight is 381 g/mol. The van der Waals surface area contributed by atoms with Crippen molar-refractivity contribution in [1.29, 1.82) is 0 Å². The minimum atomic E-state index is -2.55. The number of alkyl halides is 2. The predicted octanol–water partition coefficient (Wildman–Crippen LogP) is 3.67. The summed E-state index contributed by atoms with van der Waals surface area (Å²) in [5, 5.41) is 2.92. The number of ether oxygens (including phenoxy) is 1. The second-order valence-corrected chi connectivity index (χ2v) is 6.62. The molecule has 0 bridgehead atoms. The number of nitrogens with one attached hydrogen (secondary N) is 1. The van der Waals surface area contributed by atoms with Crippen molar-refractivity contribution >= 4 is 17.7 Å². The Bertz CT molecular complexity index is 749. The fourth-order valence-electron chi connectivity index (χ4n) is 2.51. The Balaban J connectivity index is 1.90. The van der Waals surface area contributed by atoms with Gasteiger partial charge in [-0.3, -0.25) is 4.79 Å². The second kappa shape index (κ2) is 9.47. The zero-order valence-corrected chi connectivity index (χ0v) is 15.7. The fraction of sp³-hybridized carbons (Fsp3) is 0.389. The van der Waals surface area contributed by atoms with Gasteiger partial charge in [0.15, 0.2) is 5.16 Å². The van der Waals surface area contributed by atoms with Crippen LogP contribution in [0.25, 0.3) is 0 Å². The molecule has 0 fully saturated rings. The number of aryl methyl sites for hydroxylation is 2. The highest BCUT2D eigenvalue weighted by atomic mass is 32.2. The van der Waals surface area contributed by atoms with Crippen molar-refractivity contribution in [3.05, 3.63) is 46.8 Å². The molecule has 0 spiro atoms. The number of methoxy groups -OCH3 is 1. The molecule has 0 aliphatic heterocycles. The highest BCUT2D eigenvalue weighted by Gasteiger charge is 2.14. The van der Waals surface area contributed by atoms with Gasteiger partial charge >= 0.3 is 0 Å². The first-order valence-electron chi connectivity index (χ1n) is 8.07. The third-order valence-corrected chi connectivity index (χ3v) is 4.39. The molecule has 26 heavy (non-hydrogen) atoms. The van der Waals surface area contributed by atoms with Crippen LogP contribution in [-0.2, 0) is 17.8 Å². The molecule has 0 saturated heterocycles. The maximum atomic E-state index is 12.4. The van der Waals surface area contributed by atoms with E-state index < -0.39 is 5.76 Å². The van der Waals surface area contributed by atoms with Gasteiger partial charge in [0.25, 0.3) is 5.76 Å². The number of benzene rings is 1. The van der Waals surface area contributed by atoms with Crippen molar-refractivity contribution in [1.82, 2.24) is 15.3 Å². The number of hydrogen-bond donors (Lipinski definition) is 1. The molecule has 0 radical (unpaired) electrons. The molecule has 5 nitrogen and oxygen atoms in total. The Morgan fingerprint density at radius 2 is 1.96 bits per heavy atom. The van der Waals surface area contributed by atoms with Crippen LogP contribution < -0.4 is 10.1 Å². The monoisotopic (exact) mass is 381 g/mol. The Morgan fingerprint density at radius 1 is 1.27 bits per heavy atom. The number of halogens is 2. The number of aromatic nitrogens is 2. The number of amides is 1. The lowest BCUT2D eigenvalue weighted by Gasteiger charge is -2.11. The molecule has 1 N–H and O–H groups in total. The van der Waals surface area contributed by atoms with Gasteiger partial charge in [0.1, 0.15) is 5.75 Å². The number of hydrogen-bond acceptors (Lipinski definition) is 5. The van der Waals surface area contributed by atoms with E-state index in [1.165, 1.54) is 0 Å². The second-order valence-electron chi connectivity index (χ2n) is 5.66. The van der Waals surface area contributed by atoms with Gasteiger partial charge in [0, 0.05) is 24.4 Å². The first kappa shape index (κ1) is 20.1. The molecule has 8 heteroatoms. The Labute approximate surface area is 155 Å². The van der Waals surface area contributed by atoms with Gasteiger partial charge in [-0.1, -0.05) is 12.1 Å². The lowest BCUT2D eigenvalue weighted by molar-refractivity contribution is -0.121. The van der Waals surface area contributed by atoms with Gasteiger partial charge in [0.2, 0.25) is 5.91 Å². The summed E-state index contributed by atoms with van der Waals surface area (Å²) in [5.74, 6) is -1.92.